The zero-order valence-electron chi connectivity index (χ0n) is 8.76. The lowest BCUT2D eigenvalue weighted by molar-refractivity contribution is 1.28. The van der Waals surface area contributed by atoms with Crippen molar-refractivity contribution >= 4 is 5.69 Å². The van der Waals surface area contributed by atoms with Crippen LogP contribution in [-0.4, -0.2) is 0 Å². The molecule has 0 amide bonds. The van der Waals surface area contributed by atoms with Gasteiger partial charge < -0.3 is 5.32 Å². The highest BCUT2D eigenvalue weighted by molar-refractivity contribution is 5.53. The molecule has 0 fully saturated rings. The minimum absolute atomic E-state index is 0.619. The number of nitrogens with one attached hydrogen (secondary N) is 1. The molecular formula is C12H14N2. The fourth-order valence-corrected chi connectivity index (χ4v) is 1.05. The molecule has 0 atom stereocenters. The Labute approximate surface area is 84.9 Å². The van der Waals surface area contributed by atoms with Crippen molar-refractivity contribution < 1.29 is 0 Å². The summed E-state index contributed by atoms with van der Waals surface area (Å²) in [6.45, 7) is 5.87. The number of hydrogen-bond acceptors (Lipinski definition) is 2. The average molecular weight is 186 g/mol. The van der Waals surface area contributed by atoms with Crippen molar-refractivity contribution in [2.24, 2.45) is 0 Å². The molecule has 72 valence electrons. The molecular weight excluding hydrogens is 172 g/mol. The van der Waals surface area contributed by atoms with Gasteiger partial charge in [-0.25, -0.2) is 0 Å². The summed E-state index contributed by atoms with van der Waals surface area (Å²) in [6.07, 6.45) is 0. The van der Waals surface area contributed by atoms with Crippen LogP contribution in [0.15, 0.2) is 35.5 Å². The Morgan fingerprint density at radius 1 is 1.21 bits per heavy atom. The second kappa shape index (κ2) is 4.48. The molecule has 1 aromatic carbocycles. The molecule has 0 saturated heterocycles. The lowest BCUT2D eigenvalue weighted by Crippen LogP contribution is -1.98. The minimum Gasteiger partial charge on any atom is -0.347 e. The number of anilines is 1. The highest BCUT2D eigenvalue weighted by Gasteiger charge is 1.97. The van der Waals surface area contributed by atoms with Crippen LogP contribution < -0.4 is 5.32 Å². The van der Waals surface area contributed by atoms with Crippen molar-refractivity contribution in [1.82, 2.24) is 0 Å². The van der Waals surface area contributed by atoms with E-state index in [4.69, 9.17) is 5.26 Å². The van der Waals surface area contributed by atoms with Crippen LogP contribution in [0, 0.1) is 18.3 Å². The molecule has 2 heteroatoms. The van der Waals surface area contributed by atoms with E-state index in [2.05, 4.69) is 11.4 Å². The summed E-state index contributed by atoms with van der Waals surface area (Å²) in [5.41, 5.74) is 3.78. The lowest BCUT2D eigenvalue weighted by Gasteiger charge is -2.06. The molecule has 0 aliphatic carbocycles. The fraction of sp³-hybridized carbons (Fsp3) is 0.250. The zero-order chi connectivity index (χ0) is 10.6. The summed E-state index contributed by atoms with van der Waals surface area (Å²) in [7, 11) is 0. The summed E-state index contributed by atoms with van der Waals surface area (Å²) in [5.74, 6) is 0. The molecule has 0 unspecified atom stereocenters. The smallest absolute Gasteiger partial charge is 0.117 e. The van der Waals surface area contributed by atoms with Gasteiger partial charge in [0.15, 0.2) is 0 Å². The van der Waals surface area contributed by atoms with Gasteiger partial charge in [-0.3, -0.25) is 0 Å². The van der Waals surface area contributed by atoms with E-state index in [1.165, 1.54) is 5.56 Å². The number of nitrogens with zero attached hydrogens (tertiary/aromatic N) is 1. The van der Waals surface area contributed by atoms with Crippen LogP contribution in [0.4, 0.5) is 5.69 Å². The maximum atomic E-state index is 8.84. The molecule has 1 aromatic rings. The van der Waals surface area contributed by atoms with E-state index in [1.807, 2.05) is 45.0 Å². The van der Waals surface area contributed by atoms with Crippen molar-refractivity contribution in [2.45, 2.75) is 20.8 Å². The minimum atomic E-state index is 0.619. The van der Waals surface area contributed by atoms with Gasteiger partial charge in [-0.15, -0.1) is 0 Å². The van der Waals surface area contributed by atoms with Crippen molar-refractivity contribution in [3.63, 3.8) is 0 Å². The topological polar surface area (TPSA) is 35.8 Å². The summed E-state index contributed by atoms with van der Waals surface area (Å²) < 4.78 is 0. The molecule has 0 aliphatic rings. The Hall–Kier alpha value is -1.75. The van der Waals surface area contributed by atoms with E-state index in [-0.39, 0.29) is 0 Å². The molecule has 2 nitrogen and oxygen atoms in total. The number of allylic oxidation sites excluding steroid dienone is 2. The first-order chi connectivity index (χ1) is 6.63. The third kappa shape index (κ3) is 2.63. The van der Waals surface area contributed by atoms with Gasteiger partial charge in [0, 0.05) is 5.69 Å². The third-order valence-electron chi connectivity index (χ3n) is 1.93. The molecule has 0 spiro atoms. The van der Waals surface area contributed by atoms with Crippen LogP contribution in [0.3, 0.4) is 0 Å². The third-order valence-corrected chi connectivity index (χ3v) is 1.93. The molecule has 0 aliphatic heterocycles. The molecule has 0 saturated carbocycles. The van der Waals surface area contributed by atoms with Crippen LogP contribution in [0.5, 0.6) is 0 Å². The van der Waals surface area contributed by atoms with Gasteiger partial charge in [0.2, 0.25) is 0 Å². The highest BCUT2D eigenvalue weighted by Crippen LogP contribution is 2.12. The highest BCUT2D eigenvalue weighted by atomic mass is 14.9. The van der Waals surface area contributed by atoms with Gasteiger partial charge >= 0.3 is 0 Å². The van der Waals surface area contributed by atoms with Gasteiger partial charge in [-0.05, 0) is 38.5 Å². The SMILES string of the molecule is CC(C)=C(C#N)Nc1ccc(C)cc1. The Morgan fingerprint density at radius 3 is 2.21 bits per heavy atom. The first-order valence-electron chi connectivity index (χ1n) is 4.54. The second-order valence-electron chi connectivity index (χ2n) is 3.48. The summed E-state index contributed by atoms with van der Waals surface area (Å²) in [4.78, 5) is 0. The normalized spacial score (nSPS) is 9.00. The summed E-state index contributed by atoms with van der Waals surface area (Å²) in [5, 5.41) is 11.9. The number of hydrogen-bond donors (Lipinski definition) is 1. The molecule has 0 aromatic heterocycles. The van der Waals surface area contributed by atoms with Gasteiger partial charge in [-0.1, -0.05) is 17.7 Å². The predicted octanol–water partition coefficient (Wildman–Crippen LogP) is 3.22. The van der Waals surface area contributed by atoms with E-state index in [1.54, 1.807) is 0 Å². The molecule has 1 rings (SSSR count). The van der Waals surface area contributed by atoms with Gasteiger partial charge in [-0.2, -0.15) is 5.26 Å². The van der Waals surface area contributed by atoms with E-state index >= 15 is 0 Å². The van der Waals surface area contributed by atoms with E-state index in [9.17, 15) is 0 Å². The van der Waals surface area contributed by atoms with Crippen LogP contribution in [0.25, 0.3) is 0 Å². The van der Waals surface area contributed by atoms with Crippen molar-refractivity contribution in [1.29, 1.82) is 5.26 Å². The Balaban J connectivity index is 2.85. The number of aryl methyl sites for hydroxylation is 1. The maximum Gasteiger partial charge on any atom is 0.117 e. The largest absolute Gasteiger partial charge is 0.347 e. The van der Waals surface area contributed by atoms with Gasteiger partial charge in [0.1, 0.15) is 11.8 Å². The Bertz CT molecular complexity index is 376. The fourth-order valence-electron chi connectivity index (χ4n) is 1.05. The number of rotatable bonds is 2. The van der Waals surface area contributed by atoms with Crippen molar-refractivity contribution in [3.8, 4) is 6.07 Å². The monoisotopic (exact) mass is 186 g/mol. The van der Waals surface area contributed by atoms with Crippen LogP contribution in [-0.2, 0) is 0 Å². The molecule has 14 heavy (non-hydrogen) atoms. The second-order valence-corrected chi connectivity index (χ2v) is 3.48. The van der Waals surface area contributed by atoms with Crippen LogP contribution >= 0.6 is 0 Å². The standard InChI is InChI=1S/C12H14N2/c1-9(2)12(8-13)14-11-6-4-10(3)5-7-11/h4-7,14H,1-3H3. The first-order valence-corrected chi connectivity index (χ1v) is 4.54. The molecule has 1 N–H and O–H groups in total. The number of nitriles is 1. The average Bonchev–Trinajstić information content (AvgIpc) is 2.16. The summed E-state index contributed by atoms with van der Waals surface area (Å²) >= 11 is 0. The first kappa shape index (κ1) is 10.3. The molecule has 0 heterocycles. The Kier molecular flexibility index (Phi) is 3.30. The predicted molar refractivity (Wildman–Crippen MR) is 58.8 cm³/mol. The number of benzene rings is 1. The molecule has 0 radical (unpaired) electrons. The molecule has 0 bridgehead atoms. The summed E-state index contributed by atoms with van der Waals surface area (Å²) in [6, 6.07) is 10.1. The van der Waals surface area contributed by atoms with Crippen LogP contribution in [0.2, 0.25) is 0 Å². The quantitative estimate of drug-likeness (QED) is 0.720. The van der Waals surface area contributed by atoms with Crippen LogP contribution in [0.1, 0.15) is 19.4 Å². The zero-order valence-corrected chi connectivity index (χ0v) is 8.76. The maximum absolute atomic E-state index is 8.84. The lowest BCUT2D eigenvalue weighted by atomic mass is 10.2. The van der Waals surface area contributed by atoms with Gasteiger partial charge in [0.25, 0.3) is 0 Å². The van der Waals surface area contributed by atoms with E-state index < -0.39 is 0 Å². The van der Waals surface area contributed by atoms with E-state index in [0.29, 0.717) is 5.70 Å². The van der Waals surface area contributed by atoms with Crippen molar-refractivity contribution in [3.05, 3.63) is 41.1 Å². The van der Waals surface area contributed by atoms with Crippen molar-refractivity contribution in [2.75, 3.05) is 5.32 Å². The van der Waals surface area contributed by atoms with E-state index in [0.717, 1.165) is 11.3 Å². The van der Waals surface area contributed by atoms with Gasteiger partial charge in [0.05, 0.1) is 0 Å². The Morgan fingerprint density at radius 2 is 1.79 bits per heavy atom.